The number of carbonyl (C=O) groups excluding carboxylic acids is 2. The molecule has 3 aromatic rings. The van der Waals surface area contributed by atoms with E-state index in [1.54, 1.807) is 12.1 Å². The minimum absolute atomic E-state index is 0.0414. The summed E-state index contributed by atoms with van der Waals surface area (Å²) in [7, 11) is 2.83. The molecule has 0 fully saturated rings. The van der Waals surface area contributed by atoms with Crippen molar-refractivity contribution in [3.05, 3.63) is 45.0 Å². The highest BCUT2D eigenvalue weighted by Crippen LogP contribution is 2.44. The van der Waals surface area contributed by atoms with E-state index in [1.807, 2.05) is 0 Å². The number of thiophene rings is 1. The van der Waals surface area contributed by atoms with Gasteiger partial charge in [-0.1, -0.05) is 25.4 Å². The van der Waals surface area contributed by atoms with E-state index in [0.717, 1.165) is 16.9 Å². The predicted octanol–water partition coefficient (Wildman–Crippen LogP) is 5.81. The number of ether oxygens (including phenoxy) is 4. The first-order valence-corrected chi connectivity index (χ1v) is 15.3. The third-order valence-corrected chi connectivity index (χ3v) is 8.96. The summed E-state index contributed by atoms with van der Waals surface area (Å²) < 4.78 is 38.4. The van der Waals surface area contributed by atoms with Crippen LogP contribution in [0.25, 0.3) is 10.1 Å². The molecule has 2 unspecified atom stereocenters. The van der Waals surface area contributed by atoms with E-state index in [-0.39, 0.29) is 77.6 Å². The van der Waals surface area contributed by atoms with Crippen LogP contribution < -0.4 is 18.9 Å². The van der Waals surface area contributed by atoms with Crippen LogP contribution in [0.15, 0.2) is 18.2 Å². The summed E-state index contributed by atoms with van der Waals surface area (Å²) in [4.78, 5) is 49.3. The van der Waals surface area contributed by atoms with Crippen molar-refractivity contribution < 1.29 is 52.7 Å². The van der Waals surface area contributed by atoms with Gasteiger partial charge in [-0.05, 0) is 23.3 Å². The molecule has 4 rings (SSSR count). The van der Waals surface area contributed by atoms with Gasteiger partial charge in [0.2, 0.25) is 5.91 Å². The zero-order chi connectivity index (χ0) is 33.0. The topological polar surface area (TPSA) is 149 Å². The Morgan fingerprint density at radius 3 is 2.16 bits per heavy atom. The van der Waals surface area contributed by atoms with Gasteiger partial charge in [0.05, 0.1) is 49.2 Å². The summed E-state index contributed by atoms with van der Waals surface area (Å²) >= 11 is 7.72. The predicted molar refractivity (Wildman–Crippen MR) is 163 cm³/mol. The number of Topliss-reactive ketones (excluding diaryl/α,β-unsaturated/α-hetero) is 1. The van der Waals surface area contributed by atoms with Crippen molar-refractivity contribution in [2.45, 2.75) is 46.2 Å². The lowest BCUT2D eigenvalue weighted by molar-refractivity contribution is -0.145. The standard InChI is InChI=1S/C31H33ClFNO10S/c1-15(30(37)38)8-20(35)24-11-18-23(45-24)12-22(42-4)29(27(18)33)44-7-5-6-43-28-21(41-3)10-17-13-34(14-19(17)26(28)32)25(36)9-16(2)31(39)40/h10-12,15-16H,5-9,13-14H2,1-4H3,(H,37,38)(H,39,40). The zero-order valence-electron chi connectivity index (χ0n) is 25.1. The van der Waals surface area contributed by atoms with Gasteiger partial charge in [0.1, 0.15) is 0 Å². The summed E-state index contributed by atoms with van der Waals surface area (Å²) in [5.74, 6) is -4.54. The molecule has 45 heavy (non-hydrogen) atoms. The molecule has 0 spiro atoms. The van der Waals surface area contributed by atoms with Crippen LogP contribution in [0.4, 0.5) is 4.39 Å². The Labute approximate surface area is 267 Å². The molecule has 242 valence electrons. The largest absolute Gasteiger partial charge is 0.493 e. The molecule has 2 heterocycles. The lowest BCUT2D eigenvalue weighted by atomic mass is 10.0. The van der Waals surface area contributed by atoms with Crippen molar-refractivity contribution >= 4 is 56.7 Å². The van der Waals surface area contributed by atoms with Gasteiger partial charge in [0.25, 0.3) is 0 Å². The Hall–Kier alpha value is -4.10. The minimum Gasteiger partial charge on any atom is -0.493 e. The average Bonchev–Trinajstić information content (AvgIpc) is 3.63. The second kappa shape index (κ2) is 14.3. The molecule has 1 aliphatic heterocycles. The van der Waals surface area contributed by atoms with Crippen LogP contribution in [0.2, 0.25) is 5.02 Å². The zero-order valence-corrected chi connectivity index (χ0v) is 26.7. The molecular formula is C31H33ClFNO10S. The average molecular weight is 666 g/mol. The number of nitrogens with zero attached hydrogens (tertiary/aromatic N) is 1. The molecule has 1 aliphatic rings. The molecule has 0 saturated carbocycles. The minimum atomic E-state index is -1.09. The lowest BCUT2D eigenvalue weighted by Gasteiger charge is -2.17. The summed E-state index contributed by atoms with van der Waals surface area (Å²) in [5, 5.41) is 18.7. The molecule has 0 saturated heterocycles. The van der Waals surface area contributed by atoms with Crippen LogP contribution in [-0.2, 0) is 27.5 Å². The van der Waals surface area contributed by atoms with Crippen molar-refractivity contribution in [2.24, 2.45) is 11.8 Å². The van der Waals surface area contributed by atoms with E-state index in [9.17, 15) is 19.2 Å². The van der Waals surface area contributed by atoms with E-state index in [0.29, 0.717) is 22.4 Å². The SMILES string of the molecule is COc1cc2c(c(Cl)c1OCCCOc1c(OC)cc3sc(C(=O)CC(C)C(=O)O)cc3c1F)CN(C(=O)CC(C)C(=O)O)C2. The van der Waals surface area contributed by atoms with E-state index >= 15 is 4.39 Å². The van der Waals surface area contributed by atoms with Gasteiger partial charge in [-0.15, -0.1) is 11.3 Å². The molecule has 1 amide bonds. The Balaban J connectivity index is 1.40. The van der Waals surface area contributed by atoms with Gasteiger partial charge in [-0.25, -0.2) is 4.39 Å². The highest BCUT2D eigenvalue weighted by Gasteiger charge is 2.31. The molecule has 1 aromatic heterocycles. The molecule has 2 aromatic carbocycles. The van der Waals surface area contributed by atoms with Gasteiger partial charge in [0, 0.05) is 48.5 Å². The number of aliphatic carboxylic acids is 2. The van der Waals surface area contributed by atoms with Gasteiger partial charge < -0.3 is 34.1 Å². The lowest BCUT2D eigenvalue weighted by Crippen LogP contribution is -2.28. The van der Waals surface area contributed by atoms with Crippen molar-refractivity contribution in [3.63, 3.8) is 0 Å². The highest BCUT2D eigenvalue weighted by molar-refractivity contribution is 7.20. The van der Waals surface area contributed by atoms with Crippen LogP contribution in [0.3, 0.4) is 0 Å². The maximum atomic E-state index is 15.5. The highest BCUT2D eigenvalue weighted by atomic mass is 35.5. The number of methoxy groups -OCH3 is 2. The fraction of sp³-hybridized carbons (Fsp3) is 0.419. The Bertz CT molecular complexity index is 1640. The first-order chi connectivity index (χ1) is 21.4. The molecule has 0 bridgehead atoms. The van der Waals surface area contributed by atoms with Crippen LogP contribution in [-0.4, -0.2) is 66.2 Å². The number of halogens is 2. The molecule has 2 N–H and O–H groups in total. The molecule has 14 heteroatoms. The van der Waals surface area contributed by atoms with E-state index < -0.39 is 35.4 Å². The number of hydrogen-bond acceptors (Lipinski definition) is 9. The van der Waals surface area contributed by atoms with Crippen molar-refractivity contribution in [1.82, 2.24) is 4.90 Å². The first-order valence-electron chi connectivity index (χ1n) is 14.1. The maximum absolute atomic E-state index is 15.5. The van der Waals surface area contributed by atoms with E-state index in [2.05, 4.69) is 0 Å². The Morgan fingerprint density at radius 2 is 1.53 bits per heavy atom. The van der Waals surface area contributed by atoms with Gasteiger partial charge in [-0.3, -0.25) is 19.2 Å². The van der Waals surface area contributed by atoms with Gasteiger partial charge in [-0.2, -0.15) is 0 Å². The normalized spacial score (nSPS) is 13.7. The summed E-state index contributed by atoms with van der Waals surface area (Å²) in [6.45, 7) is 3.55. The second-order valence-corrected chi connectivity index (χ2v) is 12.2. The second-order valence-electron chi connectivity index (χ2n) is 10.7. The van der Waals surface area contributed by atoms with Crippen LogP contribution in [0.5, 0.6) is 23.0 Å². The fourth-order valence-electron chi connectivity index (χ4n) is 4.80. The molecule has 11 nitrogen and oxygen atoms in total. The number of carboxylic acid groups (broad SMARTS) is 2. The number of rotatable bonds is 15. The summed E-state index contributed by atoms with van der Waals surface area (Å²) in [6, 6.07) is 4.70. The van der Waals surface area contributed by atoms with Crippen molar-refractivity contribution in [3.8, 4) is 23.0 Å². The number of hydrogen-bond donors (Lipinski definition) is 2. The summed E-state index contributed by atoms with van der Waals surface area (Å²) in [5.41, 5.74) is 1.46. The maximum Gasteiger partial charge on any atom is 0.306 e. The van der Waals surface area contributed by atoms with Gasteiger partial charge in [0.15, 0.2) is 34.6 Å². The van der Waals surface area contributed by atoms with Crippen molar-refractivity contribution in [1.29, 1.82) is 0 Å². The third-order valence-electron chi connectivity index (χ3n) is 7.44. The number of ketones is 1. The molecule has 0 aliphatic carbocycles. The third kappa shape index (κ3) is 7.42. The summed E-state index contributed by atoms with van der Waals surface area (Å²) in [6.07, 6.45) is -0.0153. The monoisotopic (exact) mass is 665 g/mol. The smallest absolute Gasteiger partial charge is 0.306 e. The quantitative estimate of drug-likeness (QED) is 0.151. The van der Waals surface area contributed by atoms with Gasteiger partial charge >= 0.3 is 11.9 Å². The van der Waals surface area contributed by atoms with Crippen LogP contribution in [0.1, 0.15) is 53.9 Å². The molecule has 2 atom stereocenters. The van der Waals surface area contributed by atoms with E-state index in [4.69, 9.17) is 40.8 Å². The van der Waals surface area contributed by atoms with E-state index in [1.165, 1.54) is 39.0 Å². The Morgan fingerprint density at radius 1 is 0.933 bits per heavy atom. The van der Waals surface area contributed by atoms with Crippen LogP contribution >= 0.6 is 22.9 Å². The molecular weight excluding hydrogens is 633 g/mol. The number of carbonyl (C=O) groups is 4. The number of amides is 1. The number of fused-ring (bicyclic) bond motifs is 2. The fourth-order valence-corrected chi connectivity index (χ4v) is 6.16. The number of benzene rings is 2. The number of carboxylic acids is 2. The van der Waals surface area contributed by atoms with Crippen LogP contribution in [0, 0.1) is 17.7 Å². The first kappa shape index (κ1) is 33.8. The Kier molecular flexibility index (Phi) is 10.8. The van der Waals surface area contributed by atoms with Crippen molar-refractivity contribution in [2.75, 3.05) is 27.4 Å². The molecule has 0 radical (unpaired) electrons.